The van der Waals surface area contributed by atoms with Crippen molar-refractivity contribution in [1.82, 2.24) is 4.90 Å². The quantitative estimate of drug-likeness (QED) is 0.397. The van der Waals surface area contributed by atoms with Gasteiger partial charge in [0, 0.05) is 6.54 Å². The van der Waals surface area contributed by atoms with Gasteiger partial charge >= 0.3 is 0 Å². The standard InChI is InChI=1S/C18H38FN/c1-16(2,3)13-18(7,14-17(4,5)6)11-9-10-12-20(8)15-19/h9-15H2,1-8H3. The average Bonchev–Trinajstić information content (AvgIpc) is 2.18. The summed E-state index contributed by atoms with van der Waals surface area (Å²) in [6.45, 7) is 17.0. The molecule has 0 bridgehead atoms. The number of alkyl halides is 1. The molecule has 20 heavy (non-hydrogen) atoms. The summed E-state index contributed by atoms with van der Waals surface area (Å²) >= 11 is 0. The molecule has 0 rings (SSSR count). The van der Waals surface area contributed by atoms with Crippen molar-refractivity contribution in [2.24, 2.45) is 16.2 Å². The van der Waals surface area contributed by atoms with Gasteiger partial charge in [-0.2, -0.15) is 0 Å². The Morgan fingerprint density at radius 3 is 1.60 bits per heavy atom. The van der Waals surface area contributed by atoms with Crippen molar-refractivity contribution in [3.05, 3.63) is 0 Å². The third kappa shape index (κ3) is 10.7. The van der Waals surface area contributed by atoms with E-state index in [2.05, 4.69) is 48.5 Å². The van der Waals surface area contributed by atoms with Crippen LogP contribution in [0.3, 0.4) is 0 Å². The van der Waals surface area contributed by atoms with Gasteiger partial charge in [0.05, 0.1) is 0 Å². The van der Waals surface area contributed by atoms with Gasteiger partial charge in [-0.25, -0.2) is 4.39 Å². The predicted octanol–water partition coefficient (Wildman–Crippen LogP) is 5.89. The van der Waals surface area contributed by atoms with Gasteiger partial charge in [-0.1, -0.05) is 54.9 Å². The van der Waals surface area contributed by atoms with Crippen LogP contribution in [0, 0.1) is 16.2 Å². The topological polar surface area (TPSA) is 3.24 Å². The Labute approximate surface area is 127 Å². The van der Waals surface area contributed by atoms with Crippen molar-refractivity contribution >= 4 is 0 Å². The molecule has 1 nitrogen and oxygen atoms in total. The summed E-state index contributed by atoms with van der Waals surface area (Å²) in [7, 11) is 1.85. The molecule has 0 saturated carbocycles. The van der Waals surface area contributed by atoms with E-state index in [0.29, 0.717) is 16.2 Å². The molecule has 0 amide bonds. The molecule has 0 saturated heterocycles. The summed E-state index contributed by atoms with van der Waals surface area (Å²) < 4.78 is 12.4. The Hall–Kier alpha value is -0.110. The van der Waals surface area contributed by atoms with E-state index in [0.717, 1.165) is 13.0 Å². The van der Waals surface area contributed by atoms with Gasteiger partial charge < -0.3 is 0 Å². The van der Waals surface area contributed by atoms with Gasteiger partial charge in [0.2, 0.25) is 0 Å². The van der Waals surface area contributed by atoms with Crippen LogP contribution in [0.5, 0.6) is 0 Å². The van der Waals surface area contributed by atoms with Crippen LogP contribution in [0.15, 0.2) is 0 Å². The van der Waals surface area contributed by atoms with Gasteiger partial charge in [0.1, 0.15) is 6.80 Å². The molecule has 0 aromatic heterocycles. The van der Waals surface area contributed by atoms with Gasteiger partial charge in [-0.15, -0.1) is 0 Å². The number of hydrogen-bond donors (Lipinski definition) is 0. The van der Waals surface area contributed by atoms with Crippen molar-refractivity contribution in [2.45, 2.75) is 80.6 Å². The van der Waals surface area contributed by atoms with Gasteiger partial charge in [0.25, 0.3) is 0 Å². The van der Waals surface area contributed by atoms with Crippen molar-refractivity contribution in [3.8, 4) is 0 Å². The number of nitrogens with zero attached hydrogens (tertiary/aromatic N) is 1. The normalized spacial score (nSPS) is 14.1. The smallest absolute Gasteiger partial charge is 0.142 e. The largest absolute Gasteiger partial charge is 0.280 e. The van der Waals surface area contributed by atoms with Crippen molar-refractivity contribution in [1.29, 1.82) is 0 Å². The minimum absolute atomic E-state index is 0.332. The van der Waals surface area contributed by atoms with Crippen LogP contribution >= 0.6 is 0 Å². The van der Waals surface area contributed by atoms with Crippen LogP contribution in [-0.2, 0) is 0 Å². The Bertz CT molecular complexity index is 244. The van der Waals surface area contributed by atoms with Crippen molar-refractivity contribution < 1.29 is 4.39 Å². The Morgan fingerprint density at radius 1 is 0.800 bits per heavy atom. The van der Waals surface area contributed by atoms with Gasteiger partial charge in [-0.3, -0.25) is 4.90 Å². The fourth-order valence-electron chi connectivity index (χ4n) is 3.79. The lowest BCUT2D eigenvalue weighted by atomic mass is 9.65. The maximum absolute atomic E-state index is 12.4. The molecule has 0 aromatic rings. The maximum Gasteiger partial charge on any atom is 0.142 e. The predicted molar refractivity (Wildman–Crippen MR) is 88.7 cm³/mol. The first kappa shape index (κ1) is 19.9. The van der Waals surface area contributed by atoms with E-state index >= 15 is 0 Å². The van der Waals surface area contributed by atoms with Gasteiger partial charge in [-0.05, 0) is 49.0 Å². The van der Waals surface area contributed by atoms with Crippen LogP contribution in [0.1, 0.15) is 80.6 Å². The maximum atomic E-state index is 12.4. The fourth-order valence-corrected chi connectivity index (χ4v) is 3.79. The van der Waals surface area contributed by atoms with E-state index in [1.54, 1.807) is 4.90 Å². The SMILES string of the molecule is CN(CF)CCCCC(C)(CC(C)(C)C)CC(C)(C)C. The molecule has 0 spiro atoms. The zero-order chi connectivity index (χ0) is 16.0. The van der Waals surface area contributed by atoms with Crippen molar-refractivity contribution in [2.75, 3.05) is 20.4 Å². The first-order valence-electron chi connectivity index (χ1n) is 8.11. The lowest BCUT2D eigenvalue weighted by molar-refractivity contribution is 0.109. The first-order valence-corrected chi connectivity index (χ1v) is 8.11. The molecule has 2 heteroatoms. The molecule has 0 aliphatic rings. The van der Waals surface area contributed by atoms with Crippen LogP contribution in [0.2, 0.25) is 0 Å². The molecular formula is C18H38FN. The van der Waals surface area contributed by atoms with E-state index < -0.39 is 0 Å². The summed E-state index contributed by atoms with van der Waals surface area (Å²) in [4.78, 5) is 1.75. The lowest BCUT2D eigenvalue weighted by Crippen LogP contribution is -2.29. The molecule has 0 aliphatic heterocycles. The highest BCUT2D eigenvalue weighted by Crippen LogP contribution is 2.45. The fraction of sp³-hybridized carbons (Fsp3) is 1.00. The Morgan fingerprint density at radius 2 is 1.25 bits per heavy atom. The molecule has 122 valence electrons. The Balaban J connectivity index is 4.46. The molecule has 0 atom stereocenters. The molecule has 0 heterocycles. The lowest BCUT2D eigenvalue weighted by Gasteiger charge is -2.40. The second-order valence-corrected chi connectivity index (χ2v) is 9.44. The van der Waals surface area contributed by atoms with Gasteiger partial charge in [0.15, 0.2) is 0 Å². The monoisotopic (exact) mass is 287 g/mol. The van der Waals surface area contributed by atoms with Crippen LogP contribution in [0.25, 0.3) is 0 Å². The number of unbranched alkanes of at least 4 members (excludes halogenated alkanes) is 1. The van der Waals surface area contributed by atoms with Crippen molar-refractivity contribution in [3.63, 3.8) is 0 Å². The molecule has 0 unspecified atom stereocenters. The minimum atomic E-state index is -0.332. The molecule has 0 aliphatic carbocycles. The third-order valence-electron chi connectivity index (χ3n) is 3.69. The summed E-state index contributed by atoms with van der Waals surface area (Å²) in [5, 5.41) is 0. The van der Waals surface area contributed by atoms with E-state index in [-0.39, 0.29) is 6.80 Å². The highest BCUT2D eigenvalue weighted by atomic mass is 19.1. The van der Waals surface area contributed by atoms with Crippen LogP contribution in [0.4, 0.5) is 4.39 Å². The molecule has 0 radical (unpaired) electrons. The molecular weight excluding hydrogens is 249 g/mol. The summed E-state index contributed by atoms with van der Waals surface area (Å²) in [6.07, 6.45) is 6.07. The second kappa shape index (κ2) is 7.77. The molecule has 0 N–H and O–H groups in total. The summed E-state index contributed by atoms with van der Waals surface area (Å²) in [5.74, 6) is 0. The zero-order valence-corrected chi connectivity index (χ0v) is 15.3. The van der Waals surface area contributed by atoms with Crippen LogP contribution in [-0.4, -0.2) is 25.3 Å². The first-order chi connectivity index (χ1) is 8.87. The van der Waals surface area contributed by atoms with Crippen LogP contribution < -0.4 is 0 Å². The highest BCUT2D eigenvalue weighted by molar-refractivity contribution is 4.84. The Kier molecular flexibility index (Phi) is 7.73. The third-order valence-corrected chi connectivity index (χ3v) is 3.69. The highest BCUT2D eigenvalue weighted by Gasteiger charge is 2.33. The van der Waals surface area contributed by atoms with E-state index in [4.69, 9.17) is 0 Å². The van der Waals surface area contributed by atoms with E-state index in [1.165, 1.54) is 25.7 Å². The molecule has 0 fully saturated rings. The zero-order valence-electron chi connectivity index (χ0n) is 15.3. The minimum Gasteiger partial charge on any atom is -0.280 e. The number of hydrogen-bond acceptors (Lipinski definition) is 1. The summed E-state index contributed by atoms with van der Waals surface area (Å²) in [5.41, 5.74) is 1.14. The van der Waals surface area contributed by atoms with E-state index in [1.807, 2.05) is 7.05 Å². The summed E-state index contributed by atoms with van der Waals surface area (Å²) in [6, 6.07) is 0. The number of rotatable bonds is 8. The average molecular weight is 288 g/mol. The molecule has 0 aromatic carbocycles. The second-order valence-electron chi connectivity index (χ2n) is 9.44. The number of halogens is 1. The van der Waals surface area contributed by atoms with E-state index in [9.17, 15) is 4.39 Å².